The van der Waals surface area contributed by atoms with Gasteiger partial charge in [-0.1, -0.05) is 26.0 Å². The summed E-state index contributed by atoms with van der Waals surface area (Å²) >= 11 is 0. The van der Waals surface area contributed by atoms with Crippen molar-refractivity contribution in [3.8, 4) is 0 Å². The number of ether oxygens (including phenoxy) is 1. The second-order valence-corrected chi connectivity index (χ2v) is 18.3. The van der Waals surface area contributed by atoms with Gasteiger partial charge in [-0.3, -0.25) is 14.4 Å². The zero-order valence-corrected chi connectivity index (χ0v) is 38.6. The average Bonchev–Trinajstić information content (AvgIpc) is 3.92. The van der Waals surface area contributed by atoms with E-state index in [-0.39, 0.29) is 29.8 Å². The highest BCUT2D eigenvalue weighted by Crippen LogP contribution is 2.28. The average molecular weight is 916 g/mol. The molecule has 67 heavy (non-hydrogen) atoms. The zero-order valence-electron chi connectivity index (χ0n) is 38.6. The fourth-order valence-corrected chi connectivity index (χ4v) is 8.00. The molecule has 354 valence electrons. The van der Waals surface area contributed by atoms with Gasteiger partial charge in [0.15, 0.2) is 11.6 Å². The third-order valence-electron chi connectivity index (χ3n) is 11.3. The van der Waals surface area contributed by atoms with E-state index >= 15 is 0 Å². The van der Waals surface area contributed by atoms with Crippen LogP contribution in [0.25, 0.3) is 11.0 Å². The Morgan fingerprint density at radius 2 is 1.25 bits per heavy atom. The van der Waals surface area contributed by atoms with Gasteiger partial charge in [0, 0.05) is 73.4 Å². The first kappa shape index (κ1) is 47.6. The molecule has 0 bridgehead atoms. The molecule has 10 N–H and O–H groups in total. The normalized spacial score (nSPS) is 15.2. The standard InChI is InChI=1S/C24H32N8O2.C23H29N7O3/c1-15(2)12-20(26)23(33)30-18-5-3-4-17(13-18)29-22-21-19(8-11-32(21)28-14-27-22)24(34)31-9-6-16(25)7-10-31;1-23(2,3)33-22(32)28-16-7-10-29(11-8-16)21(31)18-9-12-30-19(18)20(25-14-26-30)27-17-6-4-5-15(24)13-17/h3-5,8,11,13-16,20H,6-7,9-10,12,25-26H2,1-2H3,(H,30,33)(H,27,28,29);4-6,9,12-14,16H,7-8,10-11,24H2,1-3H3,(H,28,32)(H,25,26,27)/t20-;/m1./s1. The van der Waals surface area contributed by atoms with Crippen LogP contribution in [0.4, 0.5) is 39.2 Å². The molecule has 4 aromatic heterocycles. The second kappa shape index (κ2) is 20.9. The van der Waals surface area contributed by atoms with E-state index in [9.17, 15) is 19.2 Å². The maximum absolute atomic E-state index is 13.3. The van der Waals surface area contributed by atoms with Crippen LogP contribution in [0.15, 0.2) is 85.7 Å². The Morgan fingerprint density at radius 3 is 1.78 bits per heavy atom. The number of rotatable bonds is 11. The van der Waals surface area contributed by atoms with E-state index in [1.807, 2.05) is 63.8 Å². The quantitative estimate of drug-likeness (QED) is 0.0788. The van der Waals surface area contributed by atoms with Gasteiger partial charge in [-0.2, -0.15) is 10.2 Å². The van der Waals surface area contributed by atoms with Crippen molar-refractivity contribution in [3.05, 3.63) is 96.8 Å². The second-order valence-electron chi connectivity index (χ2n) is 18.3. The summed E-state index contributed by atoms with van der Waals surface area (Å²) in [7, 11) is 0. The molecule has 0 aliphatic carbocycles. The van der Waals surface area contributed by atoms with E-state index in [1.165, 1.54) is 12.7 Å². The number of likely N-dealkylation sites (tertiary alicyclic amines) is 2. The van der Waals surface area contributed by atoms with Crippen LogP contribution < -0.4 is 38.5 Å². The van der Waals surface area contributed by atoms with E-state index in [2.05, 4.69) is 41.4 Å². The number of fused-ring (bicyclic) bond motifs is 2. The van der Waals surface area contributed by atoms with Crippen molar-refractivity contribution in [3.63, 3.8) is 0 Å². The van der Waals surface area contributed by atoms with Crippen molar-refractivity contribution in [2.45, 2.75) is 90.4 Å². The number of nitrogens with zero attached hydrogens (tertiary/aromatic N) is 8. The van der Waals surface area contributed by atoms with Gasteiger partial charge in [0.25, 0.3) is 11.8 Å². The van der Waals surface area contributed by atoms with Crippen LogP contribution in [0.3, 0.4) is 0 Å². The topological polar surface area (TPSA) is 271 Å². The maximum Gasteiger partial charge on any atom is 0.407 e. The maximum atomic E-state index is 13.3. The third kappa shape index (κ3) is 12.3. The Bertz CT molecular complexity index is 2690. The summed E-state index contributed by atoms with van der Waals surface area (Å²) in [5.74, 6) is 0.957. The van der Waals surface area contributed by atoms with Crippen LogP contribution in [-0.4, -0.2) is 113 Å². The number of hydrogen-bond donors (Lipinski definition) is 7. The Morgan fingerprint density at radius 1 is 0.746 bits per heavy atom. The molecule has 0 unspecified atom stereocenters. The fraction of sp³-hybridized carbons (Fsp3) is 0.404. The van der Waals surface area contributed by atoms with Crippen LogP contribution in [0.5, 0.6) is 0 Å². The SMILES string of the molecule is CC(C)(C)OC(=O)NC1CCN(C(=O)c2ccn3ncnc(Nc4cccc(N)c4)c23)CC1.CC(C)C[C@@H](N)C(=O)Nc1cccc(Nc2ncnn3ccc(C(=O)N4CCC(N)CC4)c23)c1. The Kier molecular flexibility index (Phi) is 14.9. The molecule has 8 rings (SSSR count). The van der Waals surface area contributed by atoms with Gasteiger partial charge in [0.1, 0.15) is 29.3 Å². The predicted octanol–water partition coefficient (Wildman–Crippen LogP) is 5.53. The molecule has 20 heteroatoms. The molecule has 20 nitrogen and oxygen atoms in total. The minimum atomic E-state index is -0.572. The van der Waals surface area contributed by atoms with Gasteiger partial charge in [-0.15, -0.1) is 0 Å². The van der Waals surface area contributed by atoms with Crippen LogP contribution >= 0.6 is 0 Å². The first-order chi connectivity index (χ1) is 32.0. The van der Waals surface area contributed by atoms with Crippen LogP contribution in [-0.2, 0) is 9.53 Å². The molecule has 0 spiro atoms. The summed E-state index contributed by atoms with van der Waals surface area (Å²) in [4.78, 5) is 63.4. The number of carbonyl (C=O) groups excluding carboxylic acids is 4. The Labute approximate surface area is 389 Å². The molecular weight excluding hydrogens is 855 g/mol. The molecule has 6 heterocycles. The molecule has 2 aliphatic rings. The van der Waals surface area contributed by atoms with Gasteiger partial charge in [-0.25, -0.2) is 23.8 Å². The molecule has 1 atom stereocenters. The van der Waals surface area contributed by atoms with E-state index in [1.54, 1.807) is 62.7 Å². The highest BCUT2D eigenvalue weighted by atomic mass is 16.6. The van der Waals surface area contributed by atoms with Gasteiger partial charge >= 0.3 is 6.09 Å². The van der Waals surface area contributed by atoms with Crippen molar-refractivity contribution < 1.29 is 23.9 Å². The van der Waals surface area contributed by atoms with Gasteiger partial charge in [-0.05, 0) is 107 Å². The lowest BCUT2D eigenvalue weighted by Gasteiger charge is -2.32. The smallest absolute Gasteiger partial charge is 0.407 e. The lowest BCUT2D eigenvalue weighted by Crippen LogP contribution is -2.47. The van der Waals surface area contributed by atoms with E-state index in [0.717, 1.165) is 18.5 Å². The summed E-state index contributed by atoms with van der Waals surface area (Å²) in [6.45, 7) is 11.9. The highest BCUT2D eigenvalue weighted by molar-refractivity contribution is 6.05. The van der Waals surface area contributed by atoms with Crippen LogP contribution in [0.1, 0.15) is 87.4 Å². The number of amides is 4. The summed E-state index contributed by atoms with van der Waals surface area (Å²) in [6.07, 6.45) is 9.42. The number of nitrogen functional groups attached to an aromatic ring is 1. The van der Waals surface area contributed by atoms with E-state index in [4.69, 9.17) is 21.9 Å². The zero-order chi connectivity index (χ0) is 47.8. The molecule has 0 radical (unpaired) electrons. The molecule has 2 aromatic carbocycles. The van der Waals surface area contributed by atoms with E-state index < -0.39 is 17.7 Å². The van der Waals surface area contributed by atoms with Crippen LogP contribution in [0, 0.1) is 5.92 Å². The number of benzene rings is 2. The number of nitrogens with one attached hydrogen (secondary N) is 4. The molecular formula is C47H61N15O5. The van der Waals surface area contributed by atoms with Crippen molar-refractivity contribution in [1.82, 2.24) is 44.3 Å². The van der Waals surface area contributed by atoms with E-state index in [0.29, 0.717) is 102 Å². The minimum Gasteiger partial charge on any atom is -0.444 e. The lowest BCUT2D eigenvalue weighted by molar-refractivity contribution is -0.117. The van der Waals surface area contributed by atoms with Crippen molar-refractivity contribution in [2.75, 3.05) is 47.9 Å². The number of anilines is 6. The van der Waals surface area contributed by atoms with Crippen LogP contribution in [0.2, 0.25) is 0 Å². The van der Waals surface area contributed by atoms with Gasteiger partial charge < -0.3 is 53.0 Å². The number of carbonyl (C=O) groups is 4. The number of hydrogen-bond acceptors (Lipinski definition) is 14. The largest absolute Gasteiger partial charge is 0.444 e. The molecule has 0 saturated carbocycles. The van der Waals surface area contributed by atoms with Gasteiger partial charge in [0.05, 0.1) is 17.2 Å². The summed E-state index contributed by atoms with van der Waals surface area (Å²) in [5.41, 5.74) is 22.3. The number of piperidine rings is 2. The summed E-state index contributed by atoms with van der Waals surface area (Å²) in [5, 5.41) is 20.7. The highest BCUT2D eigenvalue weighted by Gasteiger charge is 2.29. The Hall–Kier alpha value is -7.32. The molecule has 4 amide bonds. The number of nitrogens with two attached hydrogens (primary N) is 3. The lowest BCUT2D eigenvalue weighted by atomic mass is 10.0. The van der Waals surface area contributed by atoms with Crippen molar-refractivity contribution in [2.24, 2.45) is 17.4 Å². The summed E-state index contributed by atoms with van der Waals surface area (Å²) in [6, 6.07) is 17.7. The first-order valence-corrected chi connectivity index (χ1v) is 22.6. The molecule has 2 aliphatic heterocycles. The number of aromatic nitrogens is 6. The molecule has 2 fully saturated rings. The van der Waals surface area contributed by atoms with Crippen molar-refractivity contribution >= 4 is 69.2 Å². The summed E-state index contributed by atoms with van der Waals surface area (Å²) < 4.78 is 8.59. The first-order valence-electron chi connectivity index (χ1n) is 22.6. The fourth-order valence-electron chi connectivity index (χ4n) is 8.00. The molecule has 6 aromatic rings. The van der Waals surface area contributed by atoms with Crippen molar-refractivity contribution in [1.29, 1.82) is 0 Å². The minimum absolute atomic E-state index is 0.0289. The number of alkyl carbamates (subject to hydrolysis) is 1. The van der Waals surface area contributed by atoms with Gasteiger partial charge in [0.2, 0.25) is 5.91 Å². The molecule has 2 saturated heterocycles. The predicted molar refractivity (Wildman–Crippen MR) is 257 cm³/mol. The Balaban J connectivity index is 0.000000199. The third-order valence-corrected chi connectivity index (χ3v) is 11.3. The monoisotopic (exact) mass is 915 g/mol.